The first kappa shape index (κ1) is 23.3. The zero-order valence-corrected chi connectivity index (χ0v) is 18.1. The third-order valence-electron chi connectivity index (χ3n) is 4.70. The number of pyridine rings is 1. The standard InChI is InChI=1S/C21H15F4N5O3S/c1-33-9-30-7-6-13(29-30)19(32)28-16-15-12(10-2-4-11(22)5-3-10)8-14(21(23,24)25)27-20(15)34-17(16)18(26)31/h2-8H,9H2,1H3,(H2,26,31)(H,28,32). The van der Waals surface area contributed by atoms with Gasteiger partial charge in [-0.15, -0.1) is 11.3 Å². The molecule has 0 unspecified atom stereocenters. The molecule has 0 fully saturated rings. The summed E-state index contributed by atoms with van der Waals surface area (Å²) in [5, 5.41) is 6.62. The Balaban J connectivity index is 1.92. The third-order valence-corrected chi connectivity index (χ3v) is 5.80. The van der Waals surface area contributed by atoms with E-state index in [0.717, 1.165) is 18.2 Å². The average Bonchev–Trinajstić information content (AvgIpc) is 3.38. The summed E-state index contributed by atoms with van der Waals surface area (Å²) in [6.07, 6.45) is -3.31. The second-order valence-corrected chi connectivity index (χ2v) is 8.02. The van der Waals surface area contributed by atoms with Crippen LogP contribution >= 0.6 is 11.3 Å². The minimum absolute atomic E-state index is 0.0127. The second-order valence-electron chi connectivity index (χ2n) is 7.02. The number of methoxy groups -OCH3 is 1. The number of halogens is 4. The van der Waals surface area contributed by atoms with Crippen LogP contribution in [0.15, 0.2) is 42.6 Å². The molecule has 0 aliphatic carbocycles. The first-order valence-corrected chi connectivity index (χ1v) is 10.3. The average molecular weight is 493 g/mol. The maximum atomic E-state index is 13.5. The van der Waals surface area contributed by atoms with Crippen LogP contribution < -0.4 is 11.1 Å². The number of carbonyl (C=O) groups excluding carboxylic acids is 2. The minimum atomic E-state index is -4.79. The zero-order valence-electron chi connectivity index (χ0n) is 17.3. The normalized spacial score (nSPS) is 11.7. The molecule has 34 heavy (non-hydrogen) atoms. The molecule has 0 aliphatic rings. The van der Waals surface area contributed by atoms with Crippen LogP contribution in [0.1, 0.15) is 25.9 Å². The van der Waals surface area contributed by atoms with E-state index in [1.807, 2.05) is 0 Å². The molecule has 3 aromatic heterocycles. The first-order chi connectivity index (χ1) is 16.1. The molecule has 176 valence electrons. The van der Waals surface area contributed by atoms with Gasteiger partial charge in [0, 0.05) is 18.7 Å². The number of anilines is 1. The third kappa shape index (κ3) is 4.47. The van der Waals surface area contributed by atoms with Gasteiger partial charge in [-0.1, -0.05) is 12.1 Å². The highest BCUT2D eigenvalue weighted by Crippen LogP contribution is 2.43. The number of nitrogens with one attached hydrogen (secondary N) is 1. The summed E-state index contributed by atoms with van der Waals surface area (Å²) in [6.45, 7) is 0.0834. The van der Waals surface area contributed by atoms with Crippen LogP contribution in [0, 0.1) is 5.82 Å². The van der Waals surface area contributed by atoms with Crippen molar-refractivity contribution in [2.45, 2.75) is 12.9 Å². The molecule has 0 saturated heterocycles. The Labute approximate surface area is 193 Å². The van der Waals surface area contributed by atoms with Crippen molar-refractivity contribution in [3.63, 3.8) is 0 Å². The van der Waals surface area contributed by atoms with Gasteiger partial charge in [-0.3, -0.25) is 9.59 Å². The van der Waals surface area contributed by atoms with Crippen molar-refractivity contribution in [3.8, 4) is 11.1 Å². The molecule has 4 rings (SSSR count). The fraction of sp³-hybridized carbons (Fsp3) is 0.143. The molecule has 4 aromatic rings. The molecule has 1 aromatic carbocycles. The van der Waals surface area contributed by atoms with Crippen molar-refractivity contribution in [3.05, 3.63) is 64.7 Å². The van der Waals surface area contributed by atoms with Crippen molar-refractivity contribution < 1.29 is 31.9 Å². The molecular formula is C21H15F4N5O3S. The fourth-order valence-corrected chi connectivity index (χ4v) is 4.27. The van der Waals surface area contributed by atoms with Crippen LogP contribution in [0.4, 0.5) is 23.2 Å². The predicted molar refractivity (Wildman–Crippen MR) is 116 cm³/mol. The molecular weight excluding hydrogens is 478 g/mol. The van der Waals surface area contributed by atoms with Gasteiger partial charge in [0.05, 0.1) is 5.69 Å². The Bertz CT molecular complexity index is 1400. The topological polar surface area (TPSA) is 112 Å². The van der Waals surface area contributed by atoms with Crippen molar-refractivity contribution in [1.29, 1.82) is 0 Å². The molecule has 0 saturated carbocycles. The SMILES string of the molecule is COCn1ccc(C(=O)Nc2c(C(N)=O)sc3nc(C(F)(F)F)cc(-c4ccc(F)cc4)c23)n1. The Morgan fingerprint density at radius 1 is 1.21 bits per heavy atom. The number of carbonyl (C=O) groups is 2. The molecule has 0 aliphatic heterocycles. The number of ether oxygens (including phenoxy) is 1. The van der Waals surface area contributed by atoms with Gasteiger partial charge in [0.1, 0.15) is 27.9 Å². The maximum absolute atomic E-state index is 13.5. The molecule has 3 N–H and O–H groups in total. The van der Waals surface area contributed by atoms with E-state index in [1.54, 1.807) is 0 Å². The van der Waals surface area contributed by atoms with Crippen LogP contribution in [0.3, 0.4) is 0 Å². The van der Waals surface area contributed by atoms with E-state index in [-0.39, 0.29) is 44.3 Å². The number of rotatable bonds is 6. The number of hydrogen-bond acceptors (Lipinski definition) is 6. The summed E-state index contributed by atoms with van der Waals surface area (Å²) in [7, 11) is 1.44. The van der Waals surface area contributed by atoms with E-state index in [2.05, 4.69) is 15.4 Å². The van der Waals surface area contributed by atoms with Crippen molar-refractivity contribution in [2.24, 2.45) is 5.73 Å². The largest absolute Gasteiger partial charge is 0.433 e. The van der Waals surface area contributed by atoms with E-state index in [9.17, 15) is 27.2 Å². The lowest BCUT2D eigenvalue weighted by molar-refractivity contribution is -0.140. The summed E-state index contributed by atoms with van der Waals surface area (Å²) >= 11 is 0.605. The quantitative estimate of drug-likeness (QED) is 0.390. The summed E-state index contributed by atoms with van der Waals surface area (Å²) in [5.74, 6) is -2.29. The molecule has 0 atom stereocenters. The molecule has 8 nitrogen and oxygen atoms in total. The summed E-state index contributed by atoms with van der Waals surface area (Å²) in [5.41, 5.74) is 4.30. The van der Waals surface area contributed by atoms with Crippen molar-refractivity contribution in [1.82, 2.24) is 14.8 Å². The minimum Gasteiger partial charge on any atom is -0.365 e. The molecule has 3 heterocycles. The van der Waals surface area contributed by atoms with Crippen LogP contribution in [0.25, 0.3) is 21.3 Å². The number of nitrogens with two attached hydrogens (primary N) is 1. The van der Waals surface area contributed by atoms with Gasteiger partial charge in [0.25, 0.3) is 11.8 Å². The number of aromatic nitrogens is 3. The van der Waals surface area contributed by atoms with Crippen LogP contribution in [0.5, 0.6) is 0 Å². The van der Waals surface area contributed by atoms with Crippen LogP contribution in [0.2, 0.25) is 0 Å². The van der Waals surface area contributed by atoms with E-state index in [4.69, 9.17) is 10.5 Å². The number of benzene rings is 1. The molecule has 13 heteroatoms. The molecule has 2 amide bonds. The van der Waals surface area contributed by atoms with Crippen molar-refractivity contribution >= 4 is 39.1 Å². The smallest absolute Gasteiger partial charge is 0.365 e. The second kappa shape index (κ2) is 8.83. The number of nitrogens with zero attached hydrogens (tertiary/aromatic N) is 3. The highest BCUT2D eigenvalue weighted by Gasteiger charge is 2.35. The van der Waals surface area contributed by atoms with Crippen LogP contribution in [-0.2, 0) is 17.6 Å². The Kier molecular flexibility index (Phi) is 6.06. The molecule has 0 spiro atoms. The summed E-state index contributed by atoms with van der Waals surface area (Å²) in [6, 6.07) is 6.89. The van der Waals surface area contributed by atoms with Crippen molar-refractivity contribution in [2.75, 3.05) is 12.4 Å². The zero-order chi connectivity index (χ0) is 24.6. The predicted octanol–water partition coefficient (Wildman–Crippen LogP) is 4.27. The maximum Gasteiger partial charge on any atom is 0.433 e. The fourth-order valence-electron chi connectivity index (χ4n) is 3.26. The van der Waals surface area contributed by atoms with Gasteiger partial charge >= 0.3 is 6.18 Å². The Hall–Kier alpha value is -3.84. The molecule has 0 bridgehead atoms. The highest BCUT2D eigenvalue weighted by atomic mass is 32.1. The first-order valence-electron chi connectivity index (χ1n) is 9.52. The summed E-state index contributed by atoms with van der Waals surface area (Å²) in [4.78, 5) is 28.2. The monoisotopic (exact) mass is 493 g/mol. The summed E-state index contributed by atoms with van der Waals surface area (Å²) < 4.78 is 60.4. The van der Waals surface area contributed by atoms with Gasteiger partial charge in [-0.2, -0.15) is 18.3 Å². The van der Waals surface area contributed by atoms with Gasteiger partial charge in [-0.25, -0.2) is 14.1 Å². The number of hydrogen-bond donors (Lipinski definition) is 2. The van der Waals surface area contributed by atoms with E-state index >= 15 is 0 Å². The lowest BCUT2D eigenvalue weighted by atomic mass is 10.0. The Morgan fingerprint density at radius 2 is 1.91 bits per heavy atom. The number of primary amides is 1. The van der Waals surface area contributed by atoms with Crippen LogP contribution in [-0.4, -0.2) is 33.7 Å². The van der Waals surface area contributed by atoms with Gasteiger partial charge < -0.3 is 15.8 Å². The lowest BCUT2D eigenvalue weighted by Crippen LogP contribution is -2.17. The van der Waals surface area contributed by atoms with E-state index in [1.165, 1.54) is 36.2 Å². The van der Waals surface area contributed by atoms with Gasteiger partial charge in [0.2, 0.25) is 0 Å². The molecule has 0 radical (unpaired) electrons. The highest BCUT2D eigenvalue weighted by molar-refractivity contribution is 7.21. The van der Waals surface area contributed by atoms with E-state index < -0.39 is 29.5 Å². The lowest BCUT2D eigenvalue weighted by Gasteiger charge is -2.12. The Morgan fingerprint density at radius 3 is 2.53 bits per heavy atom. The van der Waals surface area contributed by atoms with Gasteiger partial charge in [-0.05, 0) is 35.4 Å². The number of thiophene rings is 1. The number of amides is 2. The number of fused-ring (bicyclic) bond motifs is 1. The van der Waals surface area contributed by atoms with Gasteiger partial charge in [0.15, 0.2) is 5.69 Å². The van der Waals surface area contributed by atoms with E-state index in [0.29, 0.717) is 11.3 Å². The number of alkyl halides is 3.